The average Bonchev–Trinajstić information content (AvgIpc) is 2.88. The number of hydrogen-bond acceptors (Lipinski definition) is 2. The van der Waals surface area contributed by atoms with Crippen molar-refractivity contribution in [1.29, 1.82) is 0 Å². The normalized spacial score (nSPS) is 17.7. The van der Waals surface area contributed by atoms with Crippen LogP contribution in [0.4, 0.5) is 0 Å². The first-order valence-corrected chi connectivity index (χ1v) is 10.9. The summed E-state index contributed by atoms with van der Waals surface area (Å²) in [6, 6.07) is 8.43. The molecule has 0 saturated carbocycles. The van der Waals surface area contributed by atoms with Gasteiger partial charge in [0.25, 0.3) is 0 Å². The van der Waals surface area contributed by atoms with Gasteiger partial charge in [-0.25, -0.2) is 0 Å². The van der Waals surface area contributed by atoms with E-state index in [0.717, 1.165) is 18.8 Å². The molecule has 1 unspecified atom stereocenters. The van der Waals surface area contributed by atoms with Crippen LogP contribution in [-0.2, 0) is 0 Å². The van der Waals surface area contributed by atoms with Crippen LogP contribution in [0.2, 0.25) is 19.6 Å². The van der Waals surface area contributed by atoms with Gasteiger partial charge in [0.05, 0.1) is 12.4 Å². The molecular formula is C16H26N2OSi. The molecule has 0 spiro atoms. The molecule has 1 aliphatic heterocycles. The summed E-state index contributed by atoms with van der Waals surface area (Å²) in [5.41, 5.74) is 1.19. The first kappa shape index (κ1) is 15.1. The summed E-state index contributed by atoms with van der Waals surface area (Å²) in [4.78, 5) is 7.01. The predicted octanol–water partition coefficient (Wildman–Crippen LogP) is 4.09. The number of nitrogens with zero attached hydrogens (tertiary/aromatic N) is 2. The lowest BCUT2D eigenvalue weighted by Crippen LogP contribution is -2.29. The molecule has 1 aromatic rings. The number of para-hydroxylation sites is 1. The highest BCUT2D eigenvalue weighted by atomic mass is 28.4. The monoisotopic (exact) mass is 290 g/mol. The summed E-state index contributed by atoms with van der Waals surface area (Å²) < 4.78 is 6.18. The minimum atomic E-state index is -1.59. The minimum absolute atomic E-state index is 0.142. The van der Waals surface area contributed by atoms with E-state index in [1.54, 1.807) is 0 Å². The minimum Gasteiger partial charge on any atom is -0.544 e. The van der Waals surface area contributed by atoms with Gasteiger partial charge in [0.1, 0.15) is 5.75 Å². The highest BCUT2D eigenvalue weighted by molar-refractivity contribution is 6.70. The smallest absolute Gasteiger partial charge is 0.242 e. The van der Waals surface area contributed by atoms with Crippen LogP contribution in [0.15, 0.2) is 29.3 Å². The molecule has 1 heterocycles. The van der Waals surface area contributed by atoms with Gasteiger partial charge in [-0.15, -0.1) is 0 Å². The van der Waals surface area contributed by atoms with Gasteiger partial charge >= 0.3 is 0 Å². The Morgan fingerprint density at radius 1 is 1.20 bits per heavy atom. The first-order chi connectivity index (χ1) is 9.46. The van der Waals surface area contributed by atoms with Crippen molar-refractivity contribution in [3.63, 3.8) is 0 Å². The fraction of sp³-hybridized carbons (Fsp3) is 0.562. The zero-order valence-corrected chi connectivity index (χ0v) is 14.1. The van der Waals surface area contributed by atoms with Crippen molar-refractivity contribution in [2.24, 2.45) is 4.99 Å². The van der Waals surface area contributed by atoms with Gasteiger partial charge in [-0.1, -0.05) is 18.2 Å². The molecule has 3 nitrogen and oxygen atoms in total. The molecule has 1 aliphatic rings. The zero-order valence-electron chi connectivity index (χ0n) is 13.1. The molecule has 1 fully saturated rings. The topological polar surface area (TPSA) is 24.8 Å². The highest BCUT2D eigenvalue weighted by Gasteiger charge is 2.19. The number of benzene rings is 1. The second kappa shape index (κ2) is 6.44. The van der Waals surface area contributed by atoms with E-state index in [9.17, 15) is 0 Å². The van der Waals surface area contributed by atoms with Crippen molar-refractivity contribution in [3.05, 3.63) is 29.8 Å². The van der Waals surface area contributed by atoms with Crippen LogP contribution in [0.1, 0.15) is 31.4 Å². The predicted molar refractivity (Wildman–Crippen MR) is 88.1 cm³/mol. The van der Waals surface area contributed by atoms with Crippen molar-refractivity contribution in [2.75, 3.05) is 13.1 Å². The van der Waals surface area contributed by atoms with E-state index in [-0.39, 0.29) is 6.04 Å². The lowest BCUT2D eigenvalue weighted by Gasteiger charge is -2.23. The van der Waals surface area contributed by atoms with Crippen molar-refractivity contribution in [1.82, 2.24) is 4.90 Å². The second-order valence-corrected chi connectivity index (χ2v) is 10.9. The van der Waals surface area contributed by atoms with Crippen LogP contribution in [0.5, 0.6) is 5.75 Å². The maximum Gasteiger partial charge on any atom is 0.242 e. The quantitative estimate of drug-likeness (QED) is 0.463. The molecule has 1 atom stereocenters. The Bertz CT molecular complexity index is 462. The van der Waals surface area contributed by atoms with Crippen molar-refractivity contribution >= 4 is 14.7 Å². The van der Waals surface area contributed by atoms with Crippen molar-refractivity contribution in [3.8, 4) is 5.75 Å². The fourth-order valence-corrected chi connectivity index (χ4v) is 3.23. The second-order valence-electron chi connectivity index (χ2n) is 6.44. The van der Waals surface area contributed by atoms with E-state index in [0.29, 0.717) is 0 Å². The Morgan fingerprint density at radius 3 is 2.50 bits per heavy atom. The molecule has 4 heteroatoms. The number of aliphatic imine (C=N–C) groups is 1. The molecule has 1 saturated heterocycles. The standard InChI is InChI=1S/C16H26N2OSi/c1-14(17-13-18-11-7-8-12-18)15-9-5-6-10-16(15)19-20(2,3)4/h5-6,9-10,13-14H,7-8,11-12H2,1-4H3. The Labute approximate surface area is 123 Å². The zero-order chi connectivity index (χ0) is 14.6. The van der Waals surface area contributed by atoms with Crippen LogP contribution in [0.3, 0.4) is 0 Å². The van der Waals surface area contributed by atoms with E-state index < -0.39 is 8.32 Å². The largest absolute Gasteiger partial charge is 0.544 e. The lowest BCUT2D eigenvalue weighted by molar-refractivity contribution is 0.524. The third-order valence-electron chi connectivity index (χ3n) is 3.38. The third-order valence-corrected chi connectivity index (χ3v) is 4.21. The van der Waals surface area contributed by atoms with Crippen LogP contribution < -0.4 is 4.43 Å². The van der Waals surface area contributed by atoms with E-state index in [1.807, 2.05) is 12.4 Å². The first-order valence-electron chi connectivity index (χ1n) is 7.51. The molecule has 0 aromatic heterocycles. The van der Waals surface area contributed by atoms with Gasteiger partial charge in [-0.3, -0.25) is 4.99 Å². The van der Waals surface area contributed by atoms with E-state index in [2.05, 4.69) is 49.7 Å². The van der Waals surface area contributed by atoms with Gasteiger partial charge in [-0.05, 0) is 45.5 Å². The maximum absolute atomic E-state index is 6.18. The molecular weight excluding hydrogens is 264 g/mol. The van der Waals surface area contributed by atoms with E-state index in [4.69, 9.17) is 9.42 Å². The molecule has 0 amide bonds. The van der Waals surface area contributed by atoms with Gasteiger partial charge in [0.15, 0.2) is 0 Å². The maximum atomic E-state index is 6.18. The molecule has 0 radical (unpaired) electrons. The summed E-state index contributed by atoms with van der Waals surface area (Å²) in [6.45, 7) is 11.1. The average molecular weight is 290 g/mol. The summed E-state index contributed by atoms with van der Waals surface area (Å²) in [5, 5.41) is 0. The summed E-state index contributed by atoms with van der Waals surface area (Å²) >= 11 is 0. The van der Waals surface area contributed by atoms with Gasteiger partial charge in [-0.2, -0.15) is 0 Å². The molecule has 0 N–H and O–H groups in total. The van der Waals surface area contributed by atoms with E-state index in [1.165, 1.54) is 18.4 Å². The molecule has 2 rings (SSSR count). The SMILES string of the molecule is CC(N=CN1CCCC1)c1ccccc1O[Si](C)(C)C. The van der Waals surface area contributed by atoms with Crippen LogP contribution in [-0.4, -0.2) is 32.6 Å². The lowest BCUT2D eigenvalue weighted by atomic mass is 10.1. The van der Waals surface area contributed by atoms with Gasteiger partial charge in [0, 0.05) is 18.7 Å². The van der Waals surface area contributed by atoms with Crippen LogP contribution in [0, 0.1) is 0 Å². The number of rotatable bonds is 5. The number of hydrogen-bond donors (Lipinski definition) is 0. The van der Waals surface area contributed by atoms with Crippen LogP contribution in [0.25, 0.3) is 0 Å². The van der Waals surface area contributed by atoms with Crippen LogP contribution >= 0.6 is 0 Å². The highest BCUT2D eigenvalue weighted by Crippen LogP contribution is 2.29. The molecule has 0 aliphatic carbocycles. The number of likely N-dealkylation sites (tertiary alicyclic amines) is 1. The Hall–Kier alpha value is -1.29. The molecule has 0 bridgehead atoms. The Morgan fingerprint density at radius 2 is 1.85 bits per heavy atom. The Kier molecular flexibility index (Phi) is 4.86. The van der Waals surface area contributed by atoms with E-state index >= 15 is 0 Å². The van der Waals surface area contributed by atoms with Crippen molar-refractivity contribution in [2.45, 2.75) is 45.4 Å². The van der Waals surface area contributed by atoms with Crippen molar-refractivity contribution < 1.29 is 4.43 Å². The summed E-state index contributed by atoms with van der Waals surface area (Å²) in [6.07, 6.45) is 4.59. The molecule has 20 heavy (non-hydrogen) atoms. The summed E-state index contributed by atoms with van der Waals surface area (Å²) in [5.74, 6) is 0.998. The third kappa shape index (κ3) is 4.37. The Balaban J connectivity index is 2.10. The molecule has 110 valence electrons. The van der Waals surface area contributed by atoms with Gasteiger partial charge in [0.2, 0.25) is 8.32 Å². The van der Waals surface area contributed by atoms with Gasteiger partial charge < -0.3 is 9.33 Å². The fourth-order valence-electron chi connectivity index (χ4n) is 2.38. The summed E-state index contributed by atoms with van der Waals surface area (Å²) in [7, 11) is -1.59. The molecule has 1 aromatic carbocycles.